The zero-order chi connectivity index (χ0) is 14.4. The first-order valence-electron chi connectivity index (χ1n) is 5.30. The molecule has 0 radical (unpaired) electrons. The Morgan fingerprint density at radius 2 is 2.16 bits per heavy atom. The van der Waals surface area contributed by atoms with Crippen LogP contribution in [0.4, 0.5) is 0 Å². The Labute approximate surface area is 113 Å². The zero-order valence-electron chi connectivity index (χ0n) is 10.0. The summed E-state index contributed by atoms with van der Waals surface area (Å²) in [6.45, 7) is 0. The molecular weight excluding hydrogens is 278 g/mol. The van der Waals surface area contributed by atoms with Gasteiger partial charge in [-0.1, -0.05) is 0 Å². The molecule has 1 rings (SSSR count). The lowest BCUT2D eigenvalue weighted by molar-refractivity contribution is -0.142. The van der Waals surface area contributed by atoms with Gasteiger partial charge in [-0.05, 0) is 30.2 Å². The van der Waals surface area contributed by atoms with Gasteiger partial charge >= 0.3 is 11.9 Å². The molecule has 0 aliphatic rings. The van der Waals surface area contributed by atoms with Crippen molar-refractivity contribution in [2.45, 2.75) is 18.9 Å². The highest BCUT2D eigenvalue weighted by molar-refractivity contribution is 6.29. The number of nitrogens with one attached hydrogen (secondary N) is 1. The summed E-state index contributed by atoms with van der Waals surface area (Å²) in [5.41, 5.74) is 0. The second kappa shape index (κ2) is 6.79. The Morgan fingerprint density at radius 3 is 2.63 bits per heavy atom. The van der Waals surface area contributed by atoms with Crippen molar-refractivity contribution < 1.29 is 28.6 Å². The topological polar surface area (TPSA) is 106 Å². The molecule has 2 N–H and O–H groups in total. The highest BCUT2D eigenvalue weighted by Crippen LogP contribution is 2.13. The zero-order valence-corrected chi connectivity index (χ0v) is 10.8. The molecule has 1 amide bonds. The van der Waals surface area contributed by atoms with Crippen LogP contribution in [0.5, 0.6) is 0 Å². The minimum Gasteiger partial charge on any atom is -0.480 e. The van der Waals surface area contributed by atoms with E-state index in [1.54, 1.807) is 0 Å². The van der Waals surface area contributed by atoms with E-state index in [4.69, 9.17) is 21.1 Å². The predicted octanol–water partition coefficient (Wildman–Crippen LogP) is 1.07. The molecule has 1 aromatic heterocycles. The number of aliphatic carboxylic acids is 1. The molecule has 19 heavy (non-hydrogen) atoms. The number of hydrogen-bond acceptors (Lipinski definition) is 5. The molecule has 104 valence electrons. The summed E-state index contributed by atoms with van der Waals surface area (Å²) in [5, 5.41) is 11.2. The number of amides is 1. The summed E-state index contributed by atoms with van der Waals surface area (Å²) in [6, 6.07) is 1.47. The van der Waals surface area contributed by atoms with E-state index in [2.05, 4.69) is 10.1 Å². The molecular formula is C11H12ClNO6. The van der Waals surface area contributed by atoms with Crippen LogP contribution in [-0.2, 0) is 14.3 Å². The van der Waals surface area contributed by atoms with Gasteiger partial charge in [0.05, 0.1) is 7.11 Å². The van der Waals surface area contributed by atoms with Crippen molar-refractivity contribution in [1.82, 2.24) is 5.32 Å². The van der Waals surface area contributed by atoms with Gasteiger partial charge in [0.2, 0.25) is 0 Å². The maximum Gasteiger partial charge on any atom is 0.326 e. The van der Waals surface area contributed by atoms with Crippen LogP contribution in [0.25, 0.3) is 0 Å². The van der Waals surface area contributed by atoms with Crippen molar-refractivity contribution in [3.63, 3.8) is 0 Å². The molecule has 0 aromatic carbocycles. The molecule has 1 heterocycles. The molecule has 1 atom stereocenters. The average Bonchev–Trinajstić information content (AvgIpc) is 2.80. The third kappa shape index (κ3) is 4.63. The van der Waals surface area contributed by atoms with Gasteiger partial charge < -0.3 is 19.6 Å². The Balaban J connectivity index is 2.61. The molecule has 1 aromatic rings. The average molecular weight is 290 g/mol. The fraction of sp³-hybridized carbons (Fsp3) is 0.364. The van der Waals surface area contributed by atoms with Crippen molar-refractivity contribution in [1.29, 1.82) is 0 Å². The number of hydrogen-bond donors (Lipinski definition) is 2. The van der Waals surface area contributed by atoms with E-state index in [9.17, 15) is 14.4 Å². The first-order chi connectivity index (χ1) is 8.93. The first kappa shape index (κ1) is 15.0. The van der Waals surface area contributed by atoms with E-state index in [1.165, 1.54) is 19.2 Å². The third-order valence-electron chi connectivity index (χ3n) is 2.27. The van der Waals surface area contributed by atoms with E-state index in [0.29, 0.717) is 0 Å². The molecule has 0 aliphatic heterocycles. The molecule has 0 saturated heterocycles. The second-order valence-electron chi connectivity index (χ2n) is 3.58. The van der Waals surface area contributed by atoms with Gasteiger partial charge in [-0.15, -0.1) is 0 Å². The highest BCUT2D eigenvalue weighted by Gasteiger charge is 2.23. The first-order valence-corrected chi connectivity index (χ1v) is 5.67. The lowest BCUT2D eigenvalue weighted by Crippen LogP contribution is -2.41. The van der Waals surface area contributed by atoms with Gasteiger partial charge in [-0.2, -0.15) is 0 Å². The molecule has 0 saturated carbocycles. The van der Waals surface area contributed by atoms with Crippen molar-refractivity contribution in [2.24, 2.45) is 0 Å². The molecule has 0 fully saturated rings. The minimum atomic E-state index is -1.25. The second-order valence-corrected chi connectivity index (χ2v) is 3.96. The Kier molecular flexibility index (Phi) is 5.37. The van der Waals surface area contributed by atoms with Crippen LogP contribution in [0.1, 0.15) is 23.4 Å². The molecule has 0 unspecified atom stereocenters. The van der Waals surface area contributed by atoms with Crippen LogP contribution in [0.2, 0.25) is 5.22 Å². The molecule has 0 aliphatic carbocycles. The lowest BCUT2D eigenvalue weighted by Gasteiger charge is -2.12. The molecule has 0 bridgehead atoms. The summed E-state index contributed by atoms with van der Waals surface area (Å²) in [4.78, 5) is 33.5. The smallest absolute Gasteiger partial charge is 0.326 e. The number of ether oxygens (including phenoxy) is 1. The van der Waals surface area contributed by atoms with Crippen LogP contribution in [0.15, 0.2) is 16.5 Å². The fourth-order valence-corrected chi connectivity index (χ4v) is 1.43. The number of methoxy groups -OCH3 is 1. The maximum absolute atomic E-state index is 11.6. The normalized spacial score (nSPS) is 11.7. The van der Waals surface area contributed by atoms with Crippen LogP contribution >= 0.6 is 11.6 Å². The summed E-state index contributed by atoms with van der Waals surface area (Å²) < 4.78 is 9.23. The van der Waals surface area contributed by atoms with E-state index < -0.39 is 23.9 Å². The number of carbonyl (C=O) groups excluding carboxylic acids is 2. The largest absolute Gasteiger partial charge is 0.480 e. The summed E-state index contributed by atoms with van der Waals surface area (Å²) in [5.74, 6) is -2.63. The van der Waals surface area contributed by atoms with E-state index in [-0.39, 0.29) is 23.8 Å². The van der Waals surface area contributed by atoms with Gasteiger partial charge in [0.1, 0.15) is 6.04 Å². The van der Waals surface area contributed by atoms with Crippen molar-refractivity contribution in [3.05, 3.63) is 23.1 Å². The predicted molar refractivity (Wildman–Crippen MR) is 63.9 cm³/mol. The minimum absolute atomic E-state index is 0.0200. The van der Waals surface area contributed by atoms with E-state index >= 15 is 0 Å². The van der Waals surface area contributed by atoms with Crippen LogP contribution in [-0.4, -0.2) is 36.1 Å². The number of halogens is 1. The third-order valence-corrected chi connectivity index (χ3v) is 2.47. The Morgan fingerprint density at radius 1 is 1.47 bits per heavy atom. The van der Waals surface area contributed by atoms with Gasteiger partial charge in [0, 0.05) is 6.42 Å². The monoisotopic (exact) mass is 289 g/mol. The Hall–Kier alpha value is -2.02. The number of esters is 1. The SMILES string of the molecule is COC(=O)CC[C@H](NC(=O)c1ccc(Cl)o1)C(=O)O. The summed E-state index contributed by atoms with van der Waals surface area (Å²) in [7, 11) is 1.20. The van der Waals surface area contributed by atoms with Crippen molar-refractivity contribution in [3.8, 4) is 0 Å². The number of carbonyl (C=O) groups is 3. The van der Waals surface area contributed by atoms with E-state index in [1.807, 2.05) is 0 Å². The summed E-state index contributed by atoms with van der Waals surface area (Å²) >= 11 is 5.50. The van der Waals surface area contributed by atoms with Gasteiger partial charge in [0.25, 0.3) is 5.91 Å². The Bertz CT molecular complexity index is 483. The van der Waals surface area contributed by atoms with Crippen molar-refractivity contribution >= 4 is 29.4 Å². The standard InChI is InChI=1S/C11H12ClNO6/c1-18-9(14)5-2-6(11(16)17)13-10(15)7-3-4-8(12)19-7/h3-4,6H,2,5H2,1H3,(H,13,15)(H,16,17)/t6-/m0/s1. The number of carboxylic acids is 1. The summed E-state index contributed by atoms with van der Waals surface area (Å²) in [6.07, 6.45) is -0.200. The van der Waals surface area contributed by atoms with Gasteiger partial charge in [-0.3, -0.25) is 9.59 Å². The quantitative estimate of drug-likeness (QED) is 0.759. The van der Waals surface area contributed by atoms with Crippen molar-refractivity contribution in [2.75, 3.05) is 7.11 Å². The van der Waals surface area contributed by atoms with Crippen LogP contribution < -0.4 is 5.32 Å². The maximum atomic E-state index is 11.6. The molecule has 0 spiro atoms. The lowest BCUT2D eigenvalue weighted by atomic mass is 10.1. The molecule has 8 heteroatoms. The molecule has 7 nitrogen and oxygen atoms in total. The van der Waals surface area contributed by atoms with Gasteiger partial charge in [-0.25, -0.2) is 4.79 Å². The van der Waals surface area contributed by atoms with E-state index in [0.717, 1.165) is 0 Å². The highest BCUT2D eigenvalue weighted by atomic mass is 35.5. The van der Waals surface area contributed by atoms with Crippen LogP contribution in [0, 0.1) is 0 Å². The van der Waals surface area contributed by atoms with Gasteiger partial charge in [0.15, 0.2) is 11.0 Å². The van der Waals surface area contributed by atoms with Crippen LogP contribution in [0.3, 0.4) is 0 Å². The number of furan rings is 1. The fourth-order valence-electron chi connectivity index (χ4n) is 1.29. The number of carboxylic acid groups (broad SMARTS) is 1. The number of rotatable bonds is 6.